The van der Waals surface area contributed by atoms with Gasteiger partial charge in [-0.2, -0.15) is 0 Å². The number of nitrogens with zero attached hydrogens (tertiary/aromatic N) is 2. The molecule has 7 heteroatoms. The van der Waals surface area contributed by atoms with E-state index >= 15 is 0 Å². The molecule has 118 valence electrons. The third-order valence-electron chi connectivity index (χ3n) is 3.76. The Bertz CT molecular complexity index is 988. The van der Waals surface area contributed by atoms with E-state index in [0.717, 1.165) is 5.52 Å². The number of phenols is 1. The number of anilines is 1. The zero-order chi connectivity index (χ0) is 16.7. The fraction of sp³-hybridized carbons (Fsp3) is 0.125. The van der Waals surface area contributed by atoms with Crippen LogP contribution in [-0.2, 0) is 14.1 Å². The molecule has 0 radical (unpaired) electrons. The van der Waals surface area contributed by atoms with Gasteiger partial charge in [-0.1, -0.05) is 6.07 Å². The van der Waals surface area contributed by atoms with E-state index in [-0.39, 0.29) is 17.0 Å². The summed E-state index contributed by atoms with van der Waals surface area (Å²) < 4.78 is 3.51. The third kappa shape index (κ3) is 2.53. The maximum atomic E-state index is 12.3. The summed E-state index contributed by atoms with van der Waals surface area (Å²) >= 11 is 3.18. The van der Waals surface area contributed by atoms with Gasteiger partial charge in [0.25, 0.3) is 5.91 Å². The highest BCUT2D eigenvalue weighted by Crippen LogP contribution is 2.28. The number of hydrogen-bond donors (Lipinski definition) is 2. The van der Waals surface area contributed by atoms with Crippen LogP contribution in [0.4, 0.5) is 5.69 Å². The number of halogens is 1. The predicted octanol–water partition coefficient (Wildman–Crippen LogP) is 2.60. The van der Waals surface area contributed by atoms with Crippen molar-refractivity contribution in [2.45, 2.75) is 0 Å². The molecule has 0 aliphatic rings. The number of carbonyl (C=O) groups excluding carboxylic acids is 1. The second kappa shape index (κ2) is 5.58. The van der Waals surface area contributed by atoms with Crippen LogP contribution in [0.5, 0.6) is 5.75 Å². The van der Waals surface area contributed by atoms with Crippen molar-refractivity contribution >= 4 is 38.6 Å². The Morgan fingerprint density at radius 1 is 1.13 bits per heavy atom. The first kappa shape index (κ1) is 15.4. The molecule has 0 aliphatic carbocycles. The van der Waals surface area contributed by atoms with E-state index in [2.05, 4.69) is 21.2 Å². The third-order valence-corrected chi connectivity index (χ3v) is 4.40. The molecule has 2 aromatic carbocycles. The standard InChI is InChI=1S/C16H14BrN3O3/c1-19-12-7-6-9(8-13(12)20(2)16(19)23)18-15(22)10-4-3-5-11(17)14(10)21/h3-8,21H,1-2H3,(H,18,22). The van der Waals surface area contributed by atoms with Crippen LogP contribution in [0.2, 0.25) is 0 Å². The van der Waals surface area contributed by atoms with E-state index in [0.29, 0.717) is 15.7 Å². The molecule has 3 aromatic rings. The number of para-hydroxylation sites is 1. The molecular weight excluding hydrogens is 362 g/mol. The highest BCUT2D eigenvalue weighted by Gasteiger charge is 2.14. The summed E-state index contributed by atoms with van der Waals surface area (Å²) in [5.74, 6) is -0.540. The molecule has 0 atom stereocenters. The number of aryl methyl sites for hydroxylation is 2. The topological polar surface area (TPSA) is 76.3 Å². The minimum Gasteiger partial charge on any atom is -0.506 e. The van der Waals surface area contributed by atoms with Gasteiger partial charge in [-0.15, -0.1) is 0 Å². The van der Waals surface area contributed by atoms with Crippen molar-refractivity contribution in [2.24, 2.45) is 14.1 Å². The molecule has 2 N–H and O–H groups in total. The van der Waals surface area contributed by atoms with Crippen LogP contribution in [0.15, 0.2) is 45.7 Å². The number of benzene rings is 2. The zero-order valence-electron chi connectivity index (χ0n) is 12.5. The van der Waals surface area contributed by atoms with Crippen LogP contribution < -0.4 is 11.0 Å². The van der Waals surface area contributed by atoms with E-state index in [1.54, 1.807) is 49.0 Å². The van der Waals surface area contributed by atoms with Crippen molar-refractivity contribution < 1.29 is 9.90 Å². The Labute approximate surface area is 140 Å². The maximum Gasteiger partial charge on any atom is 0.328 e. The molecule has 0 unspecified atom stereocenters. The SMILES string of the molecule is Cn1c(=O)n(C)c2cc(NC(=O)c3cccc(Br)c3O)ccc21. The number of phenolic OH excluding ortho intramolecular Hbond substituents is 1. The number of aromatic nitrogens is 2. The number of hydrogen-bond acceptors (Lipinski definition) is 3. The lowest BCUT2D eigenvalue weighted by atomic mass is 10.2. The average Bonchev–Trinajstić information content (AvgIpc) is 2.74. The fourth-order valence-corrected chi connectivity index (χ4v) is 2.85. The van der Waals surface area contributed by atoms with Gasteiger partial charge in [-0.05, 0) is 46.3 Å². The van der Waals surface area contributed by atoms with Crippen LogP contribution in [0, 0.1) is 0 Å². The normalized spacial score (nSPS) is 10.9. The summed E-state index contributed by atoms with van der Waals surface area (Å²) in [7, 11) is 3.37. The number of amides is 1. The van der Waals surface area contributed by atoms with E-state index in [1.165, 1.54) is 10.6 Å². The largest absolute Gasteiger partial charge is 0.506 e. The molecule has 1 aromatic heterocycles. The second-order valence-corrected chi connectivity index (χ2v) is 6.05. The molecule has 0 spiro atoms. The first-order chi connectivity index (χ1) is 10.9. The Kier molecular flexibility index (Phi) is 3.73. The number of rotatable bonds is 2. The molecular formula is C16H14BrN3O3. The lowest BCUT2D eigenvalue weighted by Crippen LogP contribution is -2.19. The Hall–Kier alpha value is -2.54. The summed E-state index contributed by atoms with van der Waals surface area (Å²) in [5.41, 5.74) is 2.08. The van der Waals surface area contributed by atoms with Crippen LogP contribution in [0.1, 0.15) is 10.4 Å². The van der Waals surface area contributed by atoms with Gasteiger partial charge in [0, 0.05) is 19.8 Å². The summed E-state index contributed by atoms with van der Waals surface area (Å²) in [5, 5.41) is 12.7. The molecule has 1 heterocycles. The number of fused-ring (bicyclic) bond motifs is 1. The van der Waals surface area contributed by atoms with Gasteiger partial charge in [0.15, 0.2) is 0 Å². The Morgan fingerprint density at radius 3 is 2.57 bits per heavy atom. The van der Waals surface area contributed by atoms with E-state index in [4.69, 9.17) is 0 Å². The highest BCUT2D eigenvalue weighted by molar-refractivity contribution is 9.10. The number of nitrogens with one attached hydrogen (secondary N) is 1. The van der Waals surface area contributed by atoms with Crippen molar-refractivity contribution in [1.29, 1.82) is 0 Å². The van der Waals surface area contributed by atoms with Crippen molar-refractivity contribution in [3.8, 4) is 5.75 Å². The van der Waals surface area contributed by atoms with E-state index < -0.39 is 5.91 Å². The van der Waals surface area contributed by atoms with Gasteiger partial charge < -0.3 is 10.4 Å². The Balaban J connectivity index is 1.98. The summed E-state index contributed by atoms with van der Waals surface area (Å²) in [6.07, 6.45) is 0. The van der Waals surface area contributed by atoms with E-state index in [1.807, 2.05) is 0 Å². The predicted molar refractivity (Wildman–Crippen MR) is 91.9 cm³/mol. The minimum absolute atomic E-state index is 0.113. The molecule has 0 aliphatic heterocycles. The number of aromatic hydroxyl groups is 1. The first-order valence-electron chi connectivity index (χ1n) is 6.84. The average molecular weight is 376 g/mol. The van der Waals surface area contributed by atoms with Gasteiger partial charge in [-0.25, -0.2) is 4.79 Å². The molecule has 0 bridgehead atoms. The minimum atomic E-state index is -0.427. The molecule has 1 amide bonds. The van der Waals surface area contributed by atoms with Gasteiger partial charge in [-0.3, -0.25) is 13.9 Å². The highest BCUT2D eigenvalue weighted by atomic mass is 79.9. The molecule has 23 heavy (non-hydrogen) atoms. The lowest BCUT2D eigenvalue weighted by molar-refractivity contribution is 0.102. The summed E-state index contributed by atoms with van der Waals surface area (Å²) in [6.45, 7) is 0. The monoisotopic (exact) mass is 375 g/mol. The quantitative estimate of drug-likeness (QED) is 0.722. The Morgan fingerprint density at radius 2 is 1.83 bits per heavy atom. The second-order valence-electron chi connectivity index (χ2n) is 5.19. The maximum absolute atomic E-state index is 12.3. The number of imidazole rings is 1. The smallest absolute Gasteiger partial charge is 0.328 e. The fourth-order valence-electron chi connectivity index (χ4n) is 2.48. The first-order valence-corrected chi connectivity index (χ1v) is 7.63. The van der Waals surface area contributed by atoms with Crippen LogP contribution in [-0.4, -0.2) is 20.1 Å². The summed E-state index contributed by atoms with van der Waals surface area (Å²) in [6, 6.07) is 10.1. The van der Waals surface area contributed by atoms with Gasteiger partial charge in [0.05, 0.1) is 21.1 Å². The van der Waals surface area contributed by atoms with Crippen molar-refractivity contribution in [2.75, 3.05) is 5.32 Å². The van der Waals surface area contributed by atoms with Gasteiger partial charge in [0.1, 0.15) is 5.75 Å². The molecule has 0 fully saturated rings. The molecule has 3 rings (SSSR count). The van der Waals surface area contributed by atoms with E-state index in [9.17, 15) is 14.7 Å². The van der Waals surface area contributed by atoms with Crippen LogP contribution in [0.3, 0.4) is 0 Å². The molecule has 0 saturated heterocycles. The van der Waals surface area contributed by atoms with Crippen molar-refractivity contribution in [3.05, 3.63) is 56.9 Å². The van der Waals surface area contributed by atoms with Crippen molar-refractivity contribution in [3.63, 3.8) is 0 Å². The molecule has 6 nitrogen and oxygen atoms in total. The zero-order valence-corrected chi connectivity index (χ0v) is 14.1. The van der Waals surface area contributed by atoms with Crippen molar-refractivity contribution in [1.82, 2.24) is 9.13 Å². The summed E-state index contributed by atoms with van der Waals surface area (Å²) in [4.78, 5) is 24.2. The van der Waals surface area contributed by atoms with Gasteiger partial charge in [0.2, 0.25) is 0 Å². The number of carbonyl (C=O) groups is 1. The molecule has 0 saturated carbocycles. The van der Waals surface area contributed by atoms with Gasteiger partial charge >= 0.3 is 5.69 Å². The van der Waals surface area contributed by atoms with Crippen LogP contribution >= 0.6 is 15.9 Å². The lowest BCUT2D eigenvalue weighted by Gasteiger charge is -2.08. The van der Waals surface area contributed by atoms with Crippen LogP contribution in [0.25, 0.3) is 11.0 Å².